The first-order valence-corrected chi connectivity index (χ1v) is 11.3. The molecule has 1 aliphatic rings. The highest BCUT2D eigenvalue weighted by Gasteiger charge is 2.35. The zero-order valence-electron chi connectivity index (χ0n) is 20.0. The normalized spacial score (nSPS) is 15.4. The van der Waals surface area contributed by atoms with E-state index in [-0.39, 0.29) is 24.2 Å². The van der Waals surface area contributed by atoms with Crippen molar-refractivity contribution in [2.45, 2.75) is 26.8 Å². The second-order valence-corrected chi connectivity index (χ2v) is 8.80. The summed E-state index contributed by atoms with van der Waals surface area (Å²) in [6.45, 7) is 4.80. The quantitative estimate of drug-likeness (QED) is 0.560. The third kappa shape index (κ3) is 5.51. The molecule has 0 radical (unpaired) electrons. The Balaban J connectivity index is 1.32. The van der Waals surface area contributed by atoms with Crippen molar-refractivity contribution in [1.82, 2.24) is 9.97 Å². The van der Waals surface area contributed by atoms with Gasteiger partial charge in [0.05, 0.1) is 12.5 Å². The zero-order valence-corrected chi connectivity index (χ0v) is 20.0. The van der Waals surface area contributed by atoms with Gasteiger partial charge in [0.15, 0.2) is 0 Å². The SMILES string of the molecule is Cc1cc(C)nc(CNc2ccc(NC(=O)C3CC(=O)N(c4ccc(N(C)C)cc4)C3)cc2)n1. The van der Waals surface area contributed by atoms with Crippen LogP contribution in [0.15, 0.2) is 54.6 Å². The van der Waals surface area contributed by atoms with Crippen LogP contribution in [0.3, 0.4) is 0 Å². The Hall–Kier alpha value is -3.94. The molecule has 1 unspecified atom stereocenters. The molecule has 8 nitrogen and oxygen atoms in total. The molecule has 8 heteroatoms. The molecule has 2 amide bonds. The van der Waals surface area contributed by atoms with Crippen LogP contribution in [-0.2, 0) is 16.1 Å². The first-order valence-electron chi connectivity index (χ1n) is 11.3. The van der Waals surface area contributed by atoms with Crippen LogP contribution < -0.4 is 20.4 Å². The number of rotatable bonds is 7. The van der Waals surface area contributed by atoms with Gasteiger partial charge in [0.1, 0.15) is 5.82 Å². The van der Waals surface area contributed by atoms with Crippen LogP contribution in [0, 0.1) is 19.8 Å². The summed E-state index contributed by atoms with van der Waals surface area (Å²) >= 11 is 0. The van der Waals surface area contributed by atoms with Crippen molar-refractivity contribution in [2.24, 2.45) is 5.92 Å². The van der Waals surface area contributed by atoms with Gasteiger partial charge in [-0.2, -0.15) is 0 Å². The van der Waals surface area contributed by atoms with E-state index in [4.69, 9.17) is 0 Å². The van der Waals surface area contributed by atoms with E-state index in [1.165, 1.54) is 0 Å². The summed E-state index contributed by atoms with van der Waals surface area (Å²) in [6, 6.07) is 17.2. The molecule has 0 bridgehead atoms. The average Bonchev–Trinajstić information content (AvgIpc) is 3.20. The van der Waals surface area contributed by atoms with Crippen LogP contribution in [0.2, 0.25) is 0 Å². The summed E-state index contributed by atoms with van der Waals surface area (Å²) in [6.07, 6.45) is 0.205. The number of aryl methyl sites for hydroxylation is 2. The highest BCUT2D eigenvalue weighted by atomic mass is 16.2. The first-order chi connectivity index (χ1) is 16.3. The molecule has 0 aliphatic carbocycles. The fourth-order valence-corrected chi connectivity index (χ4v) is 4.04. The van der Waals surface area contributed by atoms with E-state index in [1.54, 1.807) is 4.90 Å². The van der Waals surface area contributed by atoms with Crippen molar-refractivity contribution in [1.29, 1.82) is 0 Å². The second kappa shape index (κ2) is 9.91. The van der Waals surface area contributed by atoms with Crippen molar-refractivity contribution in [3.63, 3.8) is 0 Å². The topological polar surface area (TPSA) is 90.5 Å². The molecule has 0 spiro atoms. The smallest absolute Gasteiger partial charge is 0.229 e. The average molecular weight is 459 g/mol. The van der Waals surface area contributed by atoms with Gasteiger partial charge >= 0.3 is 0 Å². The van der Waals surface area contributed by atoms with Gasteiger partial charge in [0, 0.05) is 61.2 Å². The van der Waals surface area contributed by atoms with Crippen molar-refractivity contribution in [2.75, 3.05) is 41.1 Å². The van der Waals surface area contributed by atoms with Gasteiger partial charge in [-0.05, 0) is 68.4 Å². The van der Waals surface area contributed by atoms with Crippen LogP contribution in [0.25, 0.3) is 0 Å². The molecule has 1 fully saturated rings. The van der Waals surface area contributed by atoms with E-state index < -0.39 is 0 Å². The van der Waals surface area contributed by atoms with Gasteiger partial charge in [-0.15, -0.1) is 0 Å². The van der Waals surface area contributed by atoms with Gasteiger partial charge in [0.25, 0.3) is 0 Å². The summed E-state index contributed by atoms with van der Waals surface area (Å²) in [5, 5.41) is 6.24. The van der Waals surface area contributed by atoms with Gasteiger partial charge in [0.2, 0.25) is 11.8 Å². The molecule has 3 aromatic rings. The molecular formula is C26H30N6O2. The number of carbonyl (C=O) groups excluding carboxylic acids is 2. The van der Waals surface area contributed by atoms with Crippen molar-refractivity contribution in [3.05, 3.63) is 71.8 Å². The van der Waals surface area contributed by atoms with Crippen LogP contribution >= 0.6 is 0 Å². The summed E-state index contributed by atoms with van der Waals surface area (Å²) in [7, 11) is 3.94. The van der Waals surface area contributed by atoms with Gasteiger partial charge in [-0.25, -0.2) is 9.97 Å². The van der Waals surface area contributed by atoms with Crippen molar-refractivity contribution < 1.29 is 9.59 Å². The zero-order chi connectivity index (χ0) is 24.2. The lowest BCUT2D eigenvalue weighted by Gasteiger charge is -2.19. The molecule has 1 aromatic heterocycles. The van der Waals surface area contributed by atoms with Crippen LogP contribution in [0.4, 0.5) is 22.7 Å². The molecule has 34 heavy (non-hydrogen) atoms. The maximum atomic E-state index is 12.8. The number of hydrogen-bond acceptors (Lipinski definition) is 6. The maximum Gasteiger partial charge on any atom is 0.229 e. The highest BCUT2D eigenvalue weighted by molar-refractivity contribution is 6.03. The Kier molecular flexibility index (Phi) is 6.77. The second-order valence-electron chi connectivity index (χ2n) is 8.80. The number of nitrogens with one attached hydrogen (secondary N) is 2. The molecule has 2 heterocycles. The number of nitrogens with zero attached hydrogens (tertiary/aromatic N) is 4. The van der Waals surface area contributed by atoms with E-state index in [2.05, 4.69) is 20.6 Å². The Labute approximate surface area is 200 Å². The summed E-state index contributed by atoms with van der Waals surface area (Å²) in [4.78, 5) is 37.9. The van der Waals surface area contributed by atoms with Gasteiger partial charge < -0.3 is 20.4 Å². The lowest BCUT2D eigenvalue weighted by atomic mass is 10.1. The third-order valence-electron chi connectivity index (χ3n) is 5.81. The number of carbonyl (C=O) groups is 2. The Morgan fingerprint density at radius 2 is 1.62 bits per heavy atom. The first kappa shape index (κ1) is 23.2. The maximum absolute atomic E-state index is 12.8. The monoisotopic (exact) mass is 458 g/mol. The van der Waals surface area contributed by atoms with Crippen molar-refractivity contribution in [3.8, 4) is 0 Å². The molecule has 1 atom stereocenters. The fraction of sp³-hybridized carbons (Fsp3) is 0.308. The summed E-state index contributed by atoms with van der Waals surface area (Å²) in [5.41, 5.74) is 5.36. The van der Waals surface area contributed by atoms with Gasteiger partial charge in [-0.3, -0.25) is 9.59 Å². The molecular weight excluding hydrogens is 428 g/mol. The summed E-state index contributed by atoms with van der Waals surface area (Å²) < 4.78 is 0. The van der Waals surface area contributed by atoms with Crippen LogP contribution in [0.1, 0.15) is 23.6 Å². The lowest BCUT2D eigenvalue weighted by Crippen LogP contribution is -2.28. The number of hydrogen-bond donors (Lipinski definition) is 2. The van der Waals surface area contributed by atoms with E-state index in [0.29, 0.717) is 18.8 Å². The lowest BCUT2D eigenvalue weighted by molar-refractivity contribution is -0.122. The van der Waals surface area contributed by atoms with E-state index >= 15 is 0 Å². The van der Waals surface area contributed by atoms with Gasteiger partial charge in [-0.1, -0.05) is 0 Å². The molecule has 1 saturated heterocycles. The standard InChI is InChI=1S/C26H30N6O2/c1-17-13-18(2)29-24(28-17)15-27-20-5-7-21(8-6-20)30-26(34)19-14-25(33)32(16-19)23-11-9-22(10-12-23)31(3)4/h5-13,19,27H,14-16H2,1-4H3,(H,30,34). The Morgan fingerprint density at radius 3 is 2.24 bits per heavy atom. The minimum Gasteiger partial charge on any atom is -0.378 e. The predicted octanol–water partition coefficient (Wildman–Crippen LogP) is 3.76. The fourth-order valence-electron chi connectivity index (χ4n) is 4.04. The number of benzene rings is 2. The molecule has 0 saturated carbocycles. The van der Waals surface area contributed by atoms with E-state index in [1.807, 2.05) is 87.4 Å². The third-order valence-corrected chi connectivity index (χ3v) is 5.81. The molecule has 4 rings (SSSR count). The number of aromatic nitrogens is 2. The van der Waals surface area contributed by atoms with E-state index in [9.17, 15) is 9.59 Å². The molecule has 2 N–H and O–H groups in total. The predicted molar refractivity (Wildman–Crippen MR) is 135 cm³/mol. The minimum atomic E-state index is -0.388. The minimum absolute atomic E-state index is 0.0362. The Morgan fingerprint density at radius 1 is 1.00 bits per heavy atom. The van der Waals surface area contributed by atoms with E-state index in [0.717, 1.165) is 34.3 Å². The summed E-state index contributed by atoms with van der Waals surface area (Å²) in [5.74, 6) is 0.165. The van der Waals surface area contributed by atoms with Crippen LogP contribution in [-0.4, -0.2) is 42.4 Å². The molecule has 1 aliphatic heterocycles. The molecule has 176 valence electrons. The highest BCUT2D eigenvalue weighted by Crippen LogP contribution is 2.28. The van der Waals surface area contributed by atoms with Crippen LogP contribution in [0.5, 0.6) is 0 Å². The number of anilines is 4. The largest absolute Gasteiger partial charge is 0.378 e. The molecule has 2 aromatic carbocycles. The number of amides is 2. The Bertz CT molecular complexity index is 1150. The van der Waals surface area contributed by atoms with Crippen molar-refractivity contribution >= 4 is 34.6 Å².